The summed E-state index contributed by atoms with van der Waals surface area (Å²) < 4.78 is 11.7. The summed E-state index contributed by atoms with van der Waals surface area (Å²) in [5.74, 6) is 1.27. The van der Waals surface area contributed by atoms with E-state index in [1.54, 1.807) is 0 Å². The average molecular weight is 417 g/mol. The fourth-order valence-electron chi connectivity index (χ4n) is 4.49. The van der Waals surface area contributed by atoms with Crippen LogP contribution in [0.5, 0.6) is 5.88 Å². The van der Waals surface area contributed by atoms with Crippen molar-refractivity contribution in [2.24, 2.45) is 0 Å². The second kappa shape index (κ2) is 8.08. The largest absolute Gasteiger partial charge is 0.471 e. The molecule has 0 saturated heterocycles. The van der Waals surface area contributed by atoms with Gasteiger partial charge in [0.05, 0.1) is 5.56 Å². The molecule has 162 valence electrons. The maximum atomic E-state index is 12.3. The summed E-state index contributed by atoms with van der Waals surface area (Å²) >= 11 is 0. The molecule has 3 N–H and O–H groups in total. The molecule has 10 heteroatoms. The molecule has 3 heterocycles. The number of aromatic nitrogens is 4. The van der Waals surface area contributed by atoms with Crippen LogP contribution in [0.3, 0.4) is 0 Å². The fraction of sp³-hybridized carbons (Fsp3) is 0.650. The summed E-state index contributed by atoms with van der Waals surface area (Å²) in [4.78, 5) is 41.1. The lowest BCUT2D eigenvalue weighted by Gasteiger charge is -2.38. The van der Waals surface area contributed by atoms with Gasteiger partial charge in [0, 0.05) is 37.6 Å². The number of carbonyl (C=O) groups is 1. The number of amides is 1. The van der Waals surface area contributed by atoms with Crippen LogP contribution in [0.1, 0.15) is 81.6 Å². The van der Waals surface area contributed by atoms with Crippen LogP contribution in [-0.4, -0.2) is 38.2 Å². The molecule has 0 unspecified atom stereocenters. The Morgan fingerprint density at radius 3 is 2.87 bits per heavy atom. The Hall–Kier alpha value is -2.91. The Balaban J connectivity index is 1.34. The van der Waals surface area contributed by atoms with Gasteiger partial charge in [0.1, 0.15) is 5.60 Å². The number of hydrogen-bond donors (Lipinski definition) is 3. The molecule has 0 bridgehead atoms. The Morgan fingerprint density at radius 1 is 1.27 bits per heavy atom. The number of hydrogen-bond acceptors (Lipinski definition) is 7. The van der Waals surface area contributed by atoms with Crippen LogP contribution in [0.2, 0.25) is 0 Å². The Kier molecular flexibility index (Phi) is 5.48. The summed E-state index contributed by atoms with van der Waals surface area (Å²) in [6, 6.07) is 0. The van der Waals surface area contributed by atoms with Crippen molar-refractivity contribution in [3.05, 3.63) is 38.2 Å². The van der Waals surface area contributed by atoms with E-state index in [4.69, 9.17) is 9.15 Å². The molecule has 0 aromatic carbocycles. The molecule has 4 rings (SSSR count). The average Bonchev–Trinajstić information content (AvgIpc) is 3.28. The summed E-state index contributed by atoms with van der Waals surface area (Å²) in [6.07, 6.45) is 4.80. The van der Waals surface area contributed by atoms with Crippen molar-refractivity contribution >= 4 is 5.91 Å². The van der Waals surface area contributed by atoms with Gasteiger partial charge < -0.3 is 14.5 Å². The predicted octanol–water partition coefficient (Wildman–Crippen LogP) is 1.50. The summed E-state index contributed by atoms with van der Waals surface area (Å²) in [7, 11) is 0. The molecule has 1 aliphatic heterocycles. The molecule has 2 aromatic rings. The first kappa shape index (κ1) is 20.4. The molecule has 2 atom stereocenters. The Morgan fingerprint density at radius 2 is 2.10 bits per heavy atom. The first-order valence-electron chi connectivity index (χ1n) is 10.5. The Bertz CT molecular complexity index is 1040. The first-order valence-corrected chi connectivity index (χ1v) is 10.5. The highest BCUT2D eigenvalue weighted by Crippen LogP contribution is 2.51. The van der Waals surface area contributed by atoms with Gasteiger partial charge in [-0.25, -0.2) is 4.79 Å². The van der Waals surface area contributed by atoms with E-state index in [1.165, 1.54) is 0 Å². The number of H-pyrrole nitrogens is 2. The third kappa shape index (κ3) is 3.90. The standard InChI is InChI=1S/C20H27N5O5/c1-11(2)17-25-24-14(29-17)7-6-13(26)21-10-9-20-8-4-3-5-12(20)15-16(27)22-19(28)23-18(15)30-20/h11-12H,3-10H2,1-2H3,(H,21,26)(H2,22,23,27,28)/t12-,20+/m1/s1. The van der Waals surface area contributed by atoms with Crippen LogP contribution in [0, 0.1) is 0 Å². The summed E-state index contributed by atoms with van der Waals surface area (Å²) in [5, 5.41) is 10.9. The van der Waals surface area contributed by atoms with E-state index in [2.05, 4.69) is 25.5 Å². The van der Waals surface area contributed by atoms with E-state index in [-0.39, 0.29) is 35.6 Å². The smallest absolute Gasteiger partial charge is 0.328 e. The minimum Gasteiger partial charge on any atom is -0.471 e. The van der Waals surface area contributed by atoms with Gasteiger partial charge in [-0.3, -0.25) is 19.6 Å². The number of aryl methyl sites for hydroxylation is 1. The third-order valence-electron chi connectivity index (χ3n) is 5.99. The number of nitrogens with zero attached hydrogens (tertiary/aromatic N) is 2. The van der Waals surface area contributed by atoms with Crippen LogP contribution < -0.4 is 21.3 Å². The summed E-state index contributed by atoms with van der Waals surface area (Å²) in [6.45, 7) is 4.36. The van der Waals surface area contributed by atoms with Crippen molar-refractivity contribution in [1.29, 1.82) is 0 Å². The molecule has 1 saturated carbocycles. The van der Waals surface area contributed by atoms with Crippen molar-refractivity contribution < 1.29 is 13.9 Å². The number of carbonyl (C=O) groups excluding carboxylic acids is 1. The molecule has 1 fully saturated rings. The molecule has 1 amide bonds. The first-order chi connectivity index (χ1) is 14.4. The van der Waals surface area contributed by atoms with E-state index in [0.717, 1.165) is 25.7 Å². The lowest BCUT2D eigenvalue weighted by atomic mass is 9.72. The van der Waals surface area contributed by atoms with Gasteiger partial charge in [0.15, 0.2) is 0 Å². The van der Waals surface area contributed by atoms with Crippen LogP contribution in [0.4, 0.5) is 0 Å². The lowest BCUT2D eigenvalue weighted by molar-refractivity contribution is -0.121. The van der Waals surface area contributed by atoms with Gasteiger partial charge in [-0.15, -0.1) is 10.2 Å². The maximum Gasteiger partial charge on any atom is 0.328 e. The van der Waals surface area contributed by atoms with Gasteiger partial charge in [-0.05, 0) is 19.3 Å². The van der Waals surface area contributed by atoms with Crippen LogP contribution >= 0.6 is 0 Å². The fourth-order valence-corrected chi connectivity index (χ4v) is 4.49. The van der Waals surface area contributed by atoms with E-state index < -0.39 is 11.3 Å². The van der Waals surface area contributed by atoms with E-state index in [9.17, 15) is 14.4 Å². The molecule has 30 heavy (non-hydrogen) atoms. The second-order valence-corrected chi connectivity index (χ2v) is 8.40. The molecular formula is C20H27N5O5. The number of aromatic amines is 2. The number of ether oxygens (including phenoxy) is 1. The molecule has 0 radical (unpaired) electrons. The van der Waals surface area contributed by atoms with Crippen LogP contribution in [0.15, 0.2) is 14.0 Å². The number of fused-ring (bicyclic) bond motifs is 3. The minimum atomic E-state index is -0.567. The zero-order chi connectivity index (χ0) is 21.3. The second-order valence-electron chi connectivity index (χ2n) is 8.40. The Labute approximate surface area is 172 Å². The molecule has 1 aliphatic carbocycles. The number of nitrogens with one attached hydrogen (secondary N) is 3. The zero-order valence-corrected chi connectivity index (χ0v) is 17.2. The monoisotopic (exact) mass is 417 g/mol. The molecular weight excluding hydrogens is 390 g/mol. The van der Waals surface area contributed by atoms with Crippen molar-refractivity contribution in [1.82, 2.24) is 25.5 Å². The molecule has 2 aliphatic rings. The zero-order valence-electron chi connectivity index (χ0n) is 17.2. The summed E-state index contributed by atoms with van der Waals surface area (Å²) in [5.41, 5.74) is -0.989. The van der Waals surface area contributed by atoms with Crippen LogP contribution in [0.25, 0.3) is 0 Å². The van der Waals surface area contributed by atoms with E-state index in [0.29, 0.717) is 36.7 Å². The predicted molar refractivity (Wildman–Crippen MR) is 107 cm³/mol. The van der Waals surface area contributed by atoms with Gasteiger partial charge in [0.2, 0.25) is 23.6 Å². The normalized spacial score (nSPS) is 22.4. The topological polar surface area (TPSA) is 143 Å². The van der Waals surface area contributed by atoms with Gasteiger partial charge in [0.25, 0.3) is 5.56 Å². The molecule has 0 spiro atoms. The van der Waals surface area contributed by atoms with Crippen molar-refractivity contribution in [2.45, 2.75) is 76.2 Å². The molecule has 10 nitrogen and oxygen atoms in total. The lowest BCUT2D eigenvalue weighted by Crippen LogP contribution is -2.44. The van der Waals surface area contributed by atoms with Gasteiger partial charge >= 0.3 is 5.69 Å². The van der Waals surface area contributed by atoms with Crippen molar-refractivity contribution in [3.63, 3.8) is 0 Å². The van der Waals surface area contributed by atoms with Gasteiger partial charge in [-0.2, -0.15) is 0 Å². The number of rotatable bonds is 7. The SMILES string of the molecule is CC(C)c1nnc(CCC(=O)NCC[C@@]23CCCC[C@@H]2c2c([nH]c(=O)[nH]c2=O)O3)o1. The quantitative estimate of drug-likeness (QED) is 0.619. The third-order valence-corrected chi connectivity index (χ3v) is 5.99. The maximum absolute atomic E-state index is 12.3. The van der Waals surface area contributed by atoms with E-state index >= 15 is 0 Å². The van der Waals surface area contributed by atoms with Crippen LogP contribution in [-0.2, 0) is 11.2 Å². The highest BCUT2D eigenvalue weighted by Gasteiger charge is 2.51. The highest BCUT2D eigenvalue weighted by atomic mass is 16.5. The molecule has 2 aromatic heterocycles. The van der Waals surface area contributed by atoms with E-state index in [1.807, 2.05) is 13.8 Å². The van der Waals surface area contributed by atoms with Crippen molar-refractivity contribution in [3.8, 4) is 5.88 Å². The van der Waals surface area contributed by atoms with Gasteiger partial charge in [-0.1, -0.05) is 20.3 Å². The minimum absolute atomic E-state index is 0.0772. The highest BCUT2D eigenvalue weighted by molar-refractivity contribution is 5.75. The van der Waals surface area contributed by atoms with Crippen molar-refractivity contribution in [2.75, 3.05) is 6.54 Å².